The summed E-state index contributed by atoms with van der Waals surface area (Å²) in [5.41, 5.74) is 0.337. The molecule has 0 aromatic heterocycles. The van der Waals surface area contributed by atoms with Gasteiger partial charge < -0.3 is 4.74 Å². The Morgan fingerprint density at radius 2 is 1.83 bits per heavy atom. The van der Waals surface area contributed by atoms with Gasteiger partial charge in [-0.05, 0) is 74.2 Å². The van der Waals surface area contributed by atoms with E-state index in [1.165, 1.54) is 5.57 Å². The van der Waals surface area contributed by atoms with E-state index in [9.17, 15) is 9.59 Å². The van der Waals surface area contributed by atoms with Gasteiger partial charge in [-0.15, -0.1) is 0 Å². The summed E-state index contributed by atoms with van der Waals surface area (Å²) < 4.78 is 22.1. The van der Waals surface area contributed by atoms with Crippen molar-refractivity contribution < 1.29 is 18.7 Å². The summed E-state index contributed by atoms with van der Waals surface area (Å²) in [4.78, 5) is 24.6. The first-order valence-corrected chi connectivity index (χ1v) is 12.7. The first kappa shape index (κ1) is 18.8. The number of carbonyl (C=O) groups is 2. The van der Waals surface area contributed by atoms with Crippen molar-refractivity contribution in [2.24, 2.45) is 39.9 Å². The zero-order chi connectivity index (χ0) is 20.9. The van der Waals surface area contributed by atoms with Gasteiger partial charge in [-0.2, -0.15) is 0 Å². The van der Waals surface area contributed by atoms with Crippen molar-refractivity contribution in [3.05, 3.63) is 11.6 Å². The van der Waals surface area contributed by atoms with Crippen molar-refractivity contribution >= 4 is 27.7 Å². The predicted octanol–water partition coefficient (Wildman–Crippen LogP) is 5.31. The third kappa shape index (κ3) is 1.77. The minimum atomic E-state index is -1.00. The molecule has 9 atom stereocenters. The molecule has 7 rings (SSSR count). The minimum Gasteiger partial charge on any atom is -0.458 e. The quantitative estimate of drug-likeness (QED) is 0.351. The average molecular weight is 477 g/mol. The lowest BCUT2D eigenvalue weighted by Crippen LogP contribution is -2.69. The van der Waals surface area contributed by atoms with E-state index < -0.39 is 16.1 Å². The summed E-state index contributed by atoms with van der Waals surface area (Å²) in [6, 6.07) is 0. The summed E-state index contributed by atoms with van der Waals surface area (Å²) in [5, 5.41) is 0. The molecular weight excluding hydrogens is 447 g/mol. The number of rotatable bonds is 0. The van der Waals surface area contributed by atoms with Gasteiger partial charge in [0.25, 0.3) is 0 Å². The smallest absolute Gasteiger partial charge is 0.306 e. The van der Waals surface area contributed by atoms with Gasteiger partial charge in [-0.3, -0.25) is 9.59 Å². The lowest BCUT2D eigenvalue weighted by atomic mass is 9.42. The minimum absolute atomic E-state index is 0.0844. The number of hydrogen-bond acceptors (Lipinski definition) is 3. The van der Waals surface area contributed by atoms with Gasteiger partial charge in [0, 0.05) is 29.6 Å². The Kier molecular flexibility index (Phi) is 3.20. The Labute approximate surface area is 185 Å². The Morgan fingerprint density at radius 3 is 2.50 bits per heavy atom. The van der Waals surface area contributed by atoms with Crippen LogP contribution < -0.4 is 0 Å². The molecule has 0 aromatic carbocycles. The molecule has 1 heterocycles. The van der Waals surface area contributed by atoms with E-state index in [1.807, 2.05) is 6.08 Å². The highest BCUT2D eigenvalue weighted by Gasteiger charge is 2.84. The molecule has 1 aliphatic heterocycles. The first-order chi connectivity index (χ1) is 14.1. The second-order valence-electron chi connectivity index (χ2n) is 12.2. The molecule has 7 aliphatic rings. The van der Waals surface area contributed by atoms with Crippen LogP contribution in [0.2, 0.25) is 0 Å². The molecular formula is C25H30BrFO3. The van der Waals surface area contributed by atoms with Crippen LogP contribution in [0.15, 0.2) is 11.6 Å². The van der Waals surface area contributed by atoms with E-state index in [0.29, 0.717) is 37.0 Å². The SMILES string of the molecule is C[C@]12CCC(=O)C=C1C1(CC1)CC1C3[C@@H]4CC4[C@@]4(CCC(=O)O4)[C@@]3(C)C[C@H](F)[C@@]12Br. The maximum atomic E-state index is 16.5. The first-order valence-electron chi connectivity index (χ1n) is 11.9. The van der Waals surface area contributed by atoms with Crippen LogP contribution in [-0.2, 0) is 14.3 Å². The highest BCUT2D eigenvalue weighted by Crippen LogP contribution is 2.84. The second kappa shape index (κ2) is 5.10. The van der Waals surface area contributed by atoms with E-state index in [1.54, 1.807) is 0 Å². The topological polar surface area (TPSA) is 43.4 Å². The van der Waals surface area contributed by atoms with Crippen molar-refractivity contribution in [3.8, 4) is 0 Å². The maximum absolute atomic E-state index is 16.5. The van der Waals surface area contributed by atoms with Crippen LogP contribution in [0.5, 0.6) is 0 Å². The molecule has 0 bridgehead atoms. The number of allylic oxidation sites excluding steroid dienone is 1. The Morgan fingerprint density at radius 1 is 1.07 bits per heavy atom. The van der Waals surface area contributed by atoms with Crippen molar-refractivity contribution in [2.45, 2.75) is 87.7 Å². The van der Waals surface area contributed by atoms with Gasteiger partial charge in [-0.25, -0.2) is 4.39 Å². The number of esters is 1. The highest BCUT2D eigenvalue weighted by atomic mass is 79.9. The lowest BCUT2D eigenvalue weighted by molar-refractivity contribution is -0.183. The third-order valence-electron chi connectivity index (χ3n) is 11.3. The summed E-state index contributed by atoms with van der Waals surface area (Å²) in [6.45, 7) is 4.49. The second-order valence-corrected chi connectivity index (χ2v) is 13.5. The normalized spacial score (nSPS) is 59.2. The van der Waals surface area contributed by atoms with E-state index in [-0.39, 0.29) is 33.9 Å². The van der Waals surface area contributed by atoms with Gasteiger partial charge in [0.2, 0.25) is 0 Å². The van der Waals surface area contributed by atoms with Gasteiger partial charge >= 0.3 is 5.97 Å². The summed E-state index contributed by atoms with van der Waals surface area (Å²) >= 11 is 4.12. The standard InChI is InChI=1S/C25H30BrFO3/c1-21-5-3-13(28)9-17(21)23(7-8-23)11-16-20-14-10-15(14)24(6-4-19(29)30-24)22(20,2)12-18(27)25(16,21)26/h9,14-16,18,20H,3-8,10-12H2,1-2H3/t14-,15?,16?,18+,20?,21+,22+,24+,25+/m1/s1. The molecule has 30 heavy (non-hydrogen) atoms. The molecule has 5 heteroatoms. The highest BCUT2D eigenvalue weighted by molar-refractivity contribution is 9.10. The number of halogens is 2. The molecule has 3 unspecified atom stereocenters. The predicted molar refractivity (Wildman–Crippen MR) is 113 cm³/mol. The molecule has 2 spiro atoms. The Hall–Kier alpha value is -0.710. The fraction of sp³-hybridized carbons (Fsp3) is 0.840. The monoisotopic (exact) mass is 476 g/mol. The molecule has 0 amide bonds. The Balaban J connectivity index is 1.40. The zero-order valence-corrected chi connectivity index (χ0v) is 19.4. The number of fused-ring (bicyclic) bond motifs is 10. The van der Waals surface area contributed by atoms with Crippen molar-refractivity contribution in [3.63, 3.8) is 0 Å². The van der Waals surface area contributed by atoms with Gasteiger partial charge in [0.05, 0.1) is 4.32 Å². The fourth-order valence-electron chi connectivity index (χ4n) is 9.87. The van der Waals surface area contributed by atoms with Crippen molar-refractivity contribution in [1.82, 2.24) is 0 Å². The number of alkyl halides is 2. The van der Waals surface area contributed by atoms with Gasteiger partial charge in [0.15, 0.2) is 5.78 Å². The van der Waals surface area contributed by atoms with Crippen LogP contribution in [0.3, 0.4) is 0 Å². The van der Waals surface area contributed by atoms with Crippen molar-refractivity contribution in [2.75, 3.05) is 0 Å². The number of ether oxygens (including phenoxy) is 1. The van der Waals surface area contributed by atoms with Gasteiger partial charge in [0.1, 0.15) is 11.8 Å². The molecule has 0 N–H and O–H groups in total. The number of ketones is 1. The van der Waals surface area contributed by atoms with E-state index in [0.717, 1.165) is 38.5 Å². The zero-order valence-electron chi connectivity index (χ0n) is 17.8. The molecule has 1 saturated heterocycles. The molecule has 6 aliphatic carbocycles. The Bertz CT molecular complexity index is 941. The van der Waals surface area contributed by atoms with E-state index in [4.69, 9.17) is 4.74 Å². The number of carbonyl (C=O) groups excluding carboxylic acids is 2. The molecule has 6 fully saturated rings. The van der Waals surface area contributed by atoms with Gasteiger partial charge in [-0.1, -0.05) is 35.4 Å². The summed E-state index contributed by atoms with van der Waals surface area (Å²) in [6.07, 6.45) is 8.30. The van der Waals surface area contributed by atoms with Crippen LogP contribution in [0, 0.1) is 39.9 Å². The fourth-order valence-corrected chi connectivity index (χ4v) is 10.9. The van der Waals surface area contributed by atoms with E-state index in [2.05, 4.69) is 29.8 Å². The number of hydrogen-bond donors (Lipinski definition) is 0. The average Bonchev–Trinajstić information content (AvgIpc) is 3.59. The van der Waals surface area contributed by atoms with Crippen LogP contribution in [0.25, 0.3) is 0 Å². The van der Waals surface area contributed by atoms with E-state index >= 15 is 4.39 Å². The summed E-state index contributed by atoms with van der Waals surface area (Å²) in [7, 11) is 0. The van der Waals surface area contributed by atoms with Crippen LogP contribution >= 0.6 is 15.9 Å². The molecule has 162 valence electrons. The van der Waals surface area contributed by atoms with Crippen LogP contribution in [0.1, 0.15) is 71.6 Å². The largest absolute Gasteiger partial charge is 0.458 e. The van der Waals surface area contributed by atoms with Crippen LogP contribution in [0.4, 0.5) is 4.39 Å². The molecule has 0 aromatic rings. The lowest BCUT2D eigenvalue weighted by Gasteiger charge is -2.67. The third-order valence-corrected chi connectivity index (χ3v) is 13.2. The summed E-state index contributed by atoms with van der Waals surface area (Å²) in [5.74, 6) is 1.75. The molecule has 3 nitrogen and oxygen atoms in total. The van der Waals surface area contributed by atoms with Crippen molar-refractivity contribution in [1.29, 1.82) is 0 Å². The molecule has 0 radical (unpaired) electrons. The van der Waals surface area contributed by atoms with Crippen LogP contribution in [-0.4, -0.2) is 27.8 Å². The molecule has 5 saturated carbocycles. The maximum Gasteiger partial charge on any atom is 0.306 e.